The summed E-state index contributed by atoms with van der Waals surface area (Å²) in [5, 5.41) is 13.7. The number of nitrogens with zero attached hydrogens (tertiary/aromatic N) is 1. The van der Waals surface area contributed by atoms with Gasteiger partial charge in [-0.3, -0.25) is 0 Å². The Hall–Kier alpha value is -0.860. The highest BCUT2D eigenvalue weighted by Crippen LogP contribution is 2.42. The summed E-state index contributed by atoms with van der Waals surface area (Å²) in [7, 11) is 0. The molecular formula is C13H19N3S2. The number of nitrogen functional groups attached to an aromatic ring is 1. The standard InChI is InChI=1S/C13H19N3S2/c1-17-12-11(15)10(8-14)18-13(12)16-9-6-4-2-3-5-7-9/h9,16H,2-7,15H2,1H3. The van der Waals surface area contributed by atoms with Crippen molar-refractivity contribution >= 4 is 33.8 Å². The first-order valence-corrected chi connectivity index (χ1v) is 8.43. The van der Waals surface area contributed by atoms with Gasteiger partial charge in [-0.25, -0.2) is 0 Å². The highest BCUT2D eigenvalue weighted by molar-refractivity contribution is 7.99. The van der Waals surface area contributed by atoms with Crippen LogP contribution in [-0.4, -0.2) is 12.3 Å². The molecule has 18 heavy (non-hydrogen) atoms. The van der Waals surface area contributed by atoms with Crippen molar-refractivity contribution in [1.82, 2.24) is 0 Å². The fourth-order valence-corrected chi connectivity index (χ4v) is 4.31. The smallest absolute Gasteiger partial charge is 0.131 e. The van der Waals surface area contributed by atoms with Crippen LogP contribution in [0, 0.1) is 11.3 Å². The molecule has 0 aromatic carbocycles. The molecule has 0 bridgehead atoms. The van der Waals surface area contributed by atoms with E-state index in [2.05, 4.69) is 11.4 Å². The van der Waals surface area contributed by atoms with Crippen molar-refractivity contribution in [3.05, 3.63) is 4.88 Å². The second kappa shape index (κ2) is 6.35. The molecule has 0 radical (unpaired) electrons. The number of nitriles is 1. The van der Waals surface area contributed by atoms with Crippen molar-refractivity contribution in [3.8, 4) is 6.07 Å². The molecule has 0 aliphatic heterocycles. The fraction of sp³-hybridized carbons (Fsp3) is 0.615. The lowest BCUT2D eigenvalue weighted by atomic mass is 10.1. The second-order valence-electron chi connectivity index (χ2n) is 4.65. The maximum absolute atomic E-state index is 9.05. The lowest BCUT2D eigenvalue weighted by molar-refractivity contribution is 0.620. The Labute approximate surface area is 117 Å². The fourth-order valence-electron chi connectivity index (χ4n) is 2.42. The van der Waals surface area contributed by atoms with Crippen LogP contribution in [0.2, 0.25) is 0 Å². The number of anilines is 2. The lowest BCUT2D eigenvalue weighted by Gasteiger charge is -2.17. The van der Waals surface area contributed by atoms with Crippen LogP contribution in [0.1, 0.15) is 43.4 Å². The summed E-state index contributed by atoms with van der Waals surface area (Å²) >= 11 is 3.12. The van der Waals surface area contributed by atoms with Crippen molar-refractivity contribution < 1.29 is 0 Å². The van der Waals surface area contributed by atoms with Gasteiger partial charge in [-0.2, -0.15) is 5.26 Å². The lowest BCUT2D eigenvalue weighted by Crippen LogP contribution is -2.17. The second-order valence-corrected chi connectivity index (χ2v) is 6.49. The highest BCUT2D eigenvalue weighted by Gasteiger charge is 2.19. The van der Waals surface area contributed by atoms with Gasteiger partial charge in [0.1, 0.15) is 15.9 Å². The zero-order valence-corrected chi connectivity index (χ0v) is 12.3. The van der Waals surface area contributed by atoms with Gasteiger partial charge in [0.25, 0.3) is 0 Å². The molecule has 1 aliphatic rings. The Kier molecular flexibility index (Phi) is 4.79. The van der Waals surface area contributed by atoms with Crippen LogP contribution in [0.15, 0.2) is 4.90 Å². The van der Waals surface area contributed by atoms with E-state index in [0.29, 0.717) is 16.6 Å². The monoisotopic (exact) mass is 281 g/mol. The maximum Gasteiger partial charge on any atom is 0.131 e. The number of rotatable bonds is 3. The molecule has 2 rings (SSSR count). The van der Waals surface area contributed by atoms with E-state index >= 15 is 0 Å². The van der Waals surface area contributed by atoms with E-state index in [1.165, 1.54) is 49.9 Å². The number of nitrogens with one attached hydrogen (secondary N) is 1. The number of hydrogen-bond donors (Lipinski definition) is 2. The molecule has 0 spiro atoms. The Bertz CT molecular complexity index is 440. The molecule has 0 atom stereocenters. The van der Waals surface area contributed by atoms with Crippen LogP contribution in [-0.2, 0) is 0 Å². The zero-order chi connectivity index (χ0) is 13.0. The first kappa shape index (κ1) is 13.6. The maximum atomic E-state index is 9.05. The third-order valence-electron chi connectivity index (χ3n) is 3.40. The topological polar surface area (TPSA) is 61.8 Å². The van der Waals surface area contributed by atoms with E-state index in [-0.39, 0.29) is 0 Å². The van der Waals surface area contributed by atoms with Crippen LogP contribution in [0.3, 0.4) is 0 Å². The van der Waals surface area contributed by atoms with E-state index < -0.39 is 0 Å². The average Bonchev–Trinajstić information content (AvgIpc) is 2.57. The van der Waals surface area contributed by atoms with Crippen LogP contribution in [0.5, 0.6) is 0 Å². The molecule has 0 unspecified atom stereocenters. The minimum atomic E-state index is 0.544. The van der Waals surface area contributed by atoms with E-state index in [1.54, 1.807) is 11.8 Å². The van der Waals surface area contributed by atoms with Gasteiger partial charge in [0.05, 0.1) is 10.6 Å². The van der Waals surface area contributed by atoms with E-state index in [9.17, 15) is 0 Å². The minimum Gasteiger partial charge on any atom is -0.396 e. The number of thiophene rings is 1. The van der Waals surface area contributed by atoms with Crippen LogP contribution in [0.25, 0.3) is 0 Å². The molecule has 1 saturated carbocycles. The molecular weight excluding hydrogens is 262 g/mol. The van der Waals surface area contributed by atoms with Gasteiger partial charge >= 0.3 is 0 Å². The summed E-state index contributed by atoms with van der Waals surface area (Å²) < 4.78 is 0. The Morgan fingerprint density at radius 3 is 2.56 bits per heavy atom. The molecule has 3 N–H and O–H groups in total. The molecule has 1 aromatic heterocycles. The molecule has 1 fully saturated rings. The molecule has 5 heteroatoms. The van der Waals surface area contributed by atoms with Crippen molar-refractivity contribution in [3.63, 3.8) is 0 Å². The molecule has 3 nitrogen and oxygen atoms in total. The van der Waals surface area contributed by atoms with E-state index in [1.807, 2.05) is 6.26 Å². The molecule has 1 aromatic rings. The Morgan fingerprint density at radius 2 is 2.00 bits per heavy atom. The van der Waals surface area contributed by atoms with Crippen LogP contribution >= 0.6 is 23.1 Å². The molecule has 1 aliphatic carbocycles. The predicted octanol–water partition coefficient (Wildman–Crippen LogP) is 4.06. The first-order valence-electron chi connectivity index (χ1n) is 6.39. The highest BCUT2D eigenvalue weighted by atomic mass is 32.2. The summed E-state index contributed by atoms with van der Waals surface area (Å²) in [5.41, 5.74) is 6.63. The van der Waals surface area contributed by atoms with E-state index in [4.69, 9.17) is 11.0 Å². The summed E-state index contributed by atoms with van der Waals surface area (Å²) in [6.07, 6.45) is 9.78. The Balaban J connectivity index is 2.15. The van der Waals surface area contributed by atoms with E-state index in [0.717, 1.165) is 9.90 Å². The van der Waals surface area contributed by atoms with Crippen molar-refractivity contribution in [2.24, 2.45) is 0 Å². The number of thioether (sulfide) groups is 1. The SMILES string of the molecule is CSc1c(NC2CCCCCC2)sc(C#N)c1N. The molecule has 0 saturated heterocycles. The average molecular weight is 281 g/mol. The number of nitrogens with two attached hydrogens (primary N) is 1. The normalized spacial score (nSPS) is 17.1. The minimum absolute atomic E-state index is 0.544. The van der Waals surface area contributed by atoms with Gasteiger partial charge in [-0.05, 0) is 19.1 Å². The predicted molar refractivity (Wildman–Crippen MR) is 80.3 cm³/mol. The van der Waals surface area contributed by atoms with Gasteiger partial charge in [0.15, 0.2) is 0 Å². The summed E-state index contributed by atoms with van der Waals surface area (Å²) in [6.45, 7) is 0. The third kappa shape index (κ3) is 2.93. The first-order chi connectivity index (χ1) is 8.76. The Morgan fingerprint density at radius 1 is 1.33 bits per heavy atom. The summed E-state index contributed by atoms with van der Waals surface area (Å²) in [5.74, 6) is 0. The largest absolute Gasteiger partial charge is 0.396 e. The van der Waals surface area contributed by atoms with Gasteiger partial charge in [0, 0.05) is 6.04 Å². The zero-order valence-electron chi connectivity index (χ0n) is 10.7. The van der Waals surface area contributed by atoms with Gasteiger partial charge in [-0.1, -0.05) is 25.7 Å². The summed E-state index contributed by atoms with van der Waals surface area (Å²) in [6, 6.07) is 2.72. The third-order valence-corrected chi connectivity index (χ3v) is 5.40. The van der Waals surface area contributed by atoms with Crippen molar-refractivity contribution in [2.45, 2.75) is 49.5 Å². The van der Waals surface area contributed by atoms with Crippen molar-refractivity contribution in [1.29, 1.82) is 5.26 Å². The van der Waals surface area contributed by atoms with Crippen LogP contribution < -0.4 is 11.1 Å². The number of hydrogen-bond acceptors (Lipinski definition) is 5. The van der Waals surface area contributed by atoms with Crippen molar-refractivity contribution in [2.75, 3.05) is 17.3 Å². The van der Waals surface area contributed by atoms with Gasteiger partial charge in [-0.15, -0.1) is 23.1 Å². The summed E-state index contributed by atoms with van der Waals surface area (Å²) in [4.78, 5) is 1.68. The van der Waals surface area contributed by atoms with Crippen LogP contribution in [0.4, 0.5) is 10.7 Å². The quantitative estimate of drug-likeness (QED) is 0.648. The molecule has 0 amide bonds. The van der Waals surface area contributed by atoms with Gasteiger partial charge < -0.3 is 11.1 Å². The molecule has 1 heterocycles. The van der Waals surface area contributed by atoms with Gasteiger partial charge in [0.2, 0.25) is 0 Å². The molecule has 98 valence electrons.